The molecule has 2 aliphatic carbocycles. The molecule has 0 heterocycles. The average Bonchev–Trinajstić information content (AvgIpc) is 2.88. The lowest BCUT2D eigenvalue weighted by Gasteiger charge is -2.36. The first-order valence-electron chi connectivity index (χ1n) is 4.93. The van der Waals surface area contributed by atoms with Crippen LogP contribution >= 0.6 is 15.9 Å². The van der Waals surface area contributed by atoms with Gasteiger partial charge in [-0.2, -0.15) is 0 Å². The highest BCUT2D eigenvalue weighted by Crippen LogP contribution is 2.54. The van der Waals surface area contributed by atoms with Crippen LogP contribution in [0.15, 0.2) is 0 Å². The number of alkyl halides is 1. The van der Waals surface area contributed by atoms with Gasteiger partial charge in [0.15, 0.2) is 0 Å². The Balaban J connectivity index is 2.01. The molecule has 0 bridgehead atoms. The molecule has 2 rings (SSSR count). The van der Waals surface area contributed by atoms with Crippen molar-refractivity contribution in [1.29, 1.82) is 0 Å². The molecule has 0 N–H and O–H groups in total. The number of rotatable bonds is 2. The summed E-state index contributed by atoms with van der Waals surface area (Å²) in [6.07, 6.45) is 10.5. The van der Waals surface area contributed by atoms with Gasteiger partial charge in [-0.1, -0.05) is 35.2 Å². The molecule has 0 aromatic heterocycles. The van der Waals surface area contributed by atoms with Gasteiger partial charge in [-0.15, -0.1) is 0 Å². The van der Waals surface area contributed by atoms with E-state index in [2.05, 4.69) is 15.9 Å². The molecule has 2 fully saturated rings. The van der Waals surface area contributed by atoms with Crippen molar-refractivity contribution in [2.75, 3.05) is 5.33 Å². The maximum absolute atomic E-state index is 3.71. The highest BCUT2D eigenvalue weighted by molar-refractivity contribution is 9.09. The van der Waals surface area contributed by atoms with Gasteiger partial charge in [0.2, 0.25) is 0 Å². The Morgan fingerprint density at radius 2 is 1.73 bits per heavy atom. The zero-order valence-electron chi connectivity index (χ0n) is 7.11. The highest BCUT2D eigenvalue weighted by atomic mass is 79.9. The van der Waals surface area contributed by atoms with Gasteiger partial charge < -0.3 is 0 Å². The van der Waals surface area contributed by atoms with Gasteiger partial charge in [0.1, 0.15) is 0 Å². The van der Waals surface area contributed by atoms with Crippen LogP contribution < -0.4 is 0 Å². The smallest absolute Gasteiger partial charge is 0.00906 e. The minimum Gasteiger partial charge on any atom is -0.0922 e. The van der Waals surface area contributed by atoms with Crippen molar-refractivity contribution in [2.24, 2.45) is 11.3 Å². The summed E-state index contributed by atoms with van der Waals surface area (Å²) in [5.41, 5.74) is 0.748. The molecule has 0 saturated heterocycles. The number of hydrogen-bond donors (Lipinski definition) is 0. The van der Waals surface area contributed by atoms with Crippen LogP contribution in [0, 0.1) is 11.3 Å². The zero-order valence-corrected chi connectivity index (χ0v) is 8.70. The van der Waals surface area contributed by atoms with E-state index in [0.29, 0.717) is 0 Å². The molecule has 2 saturated carbocycles. The first-order chi connectivity index (χ1) is 5.37. The maximum Gasteiger partial charge on any atom is 0.00906 e. The summed E-state index contributed by atoms with van der Waals surface area (Å²) < 4.78 is 0. The van der Waals surface area contributed by atoms with Gasteiger partial charge in [-0.25, -0.2) is 0 Å². The monoisotopic (exact) mass is 216 g/mol. The van der Waals surface area contributed by atoms with Gasteiger partial charge in [0, 0.05) is 5.33 Å². The lowest BCUT2D eigenvalue weighted by Crippen LogP contribution is -2.28. The predicted octanol–water partition coefficient (Wildman–Crippen LogP) is 3.74. The first kappa shape index (κ1) is 8.10. The van der Waals surface area contributed by atoms with E-state index in [1.807, 2.05) is 0 Å². The topological polar surface area (TPSA) is 0 Å². The van der Waals surface area contributed by atoms with Crippen LogP contribution in [0.25, 0.3) is 0 Å². The van der Waals surface area contributed by atoms with Crippen LogP contribution in [0.3, 0.4) is 0 Å². The van der Waals surface area contributed by atoms with Crippen molar-refractivity contribution < 1.29 is 0 Å². The van der Waals surface area contributed by atoms with Crippen molar-refractivity contribution >= 4 is 15.9 Å². The SMILES string of the molecule is BrCC1(C2CC2)CCCCC1. The van der Waals surface area contributed by atoms with E-state index in [4.69, 9.17) is 0 Å². The molecule has 1 heteroatoms. The van der Waals surface area contributed by atoms with E-state index in [0.717, 1.165) is 11.3 Å². The summed E-state index contributed by atoms with van der Waals surface area (Å²) in [5.74, 6) is 1.10. The fraction of sp³-hybridized carbons (Fsp3) is 1.00. The van der Waals surface area contributed by atoms with Gasteiger partial charge in [0.25, 0.3) is 0 Å². The highest BCUT2D eigenvalue weighted by Gasteiger charge is 2.44. The molecule has 0 unspecified atom stereocenters. The van der Waals surface area contributed by atoms with Gasteiger partial charge in [0.05, 0.1) is 0 Å². The van der Waals surface area contributed by atoms with Crippen molar-refractivity contribution in [2.45, 2.75) is 44.9 Å². The van der Waals surface area contributed by atoms with E-state index in [1.165, 1.54) is 50.3 Å². The Kier molecular flexibility index (Phi) is 2.27. The van der Waals surface area contributed by atoms with Crippen molar-refractivity contribution in [3.8, 4) is 0 Å². The summed E-state index contributed by atoms with van der Waals surface area (Å²) in [5, 5.41) is 1.27. The third-order valence-electron chi connectivity index (χ3n) is 3.56. The quantitative estimate of drug-likeness (QED) is 0.618. The van der Waals surface area contributed by atoms with E-state index in [-0.39, 0.29) is 0 Å². The molecule has 64 valence electrons. The van der Waals surface area contributed by atoms with Gasteiger partial charge >= 0.3 is 0 Å². The Morgan fingerprint density at radius 1 is 1.09 bits per heavy atom. The minimum absolute atomic E-state index is 0.748. The molecular weight excluding hydrogens is 200 g/mol. The van der Waals surface area contributed by atoms with Crippen molar-refractivity contribution in [3.63, 3.8) is 0 Å². The van der Waals surface area contributed by atoms with Crippen LogP contribution in [-0.4, -0.2) is 5.33 Å². The molecule has 0 aromatic rings. The van der Waals surface area contributed by atoms with Crippen LogP contribution in [0.2, 0.25) is 0 Å². The molecule has 2 aliphatic rings. The summed E-state index contributed by atoms with van der Waals surface area (Å²) in [7, 11) is 0. The normalized spacial score (nSPS) is 30.3. The van der Waals surface area contributed by atoms with Crippen LogP contribution in [0.5, 0.6) is 0 Å². The molecule has 0 amide bonds. The van der Waals surface area contributed by atoms with E-state index in [9.17, 15) is 0 Å². The third-order valence-corrected chi connectivity index (χ3v) is 4.68. The Bertz CT molecular complexity index is 132. The standard InChI is InChI=1S/C10H17Br/c11-8-10(9-4-5-9)6-2-1-3-7-10/h9H,1-8H2. The molecular formula is C10H17Br. The second kappa shape index (κ2) is 3.08. The lowest BCUT2D eigenvalue weighted by molar-refractivity contribution is 0.189. The summed E-state index contributed by atoms with van der Waals surface area (Å²) in [6, 6.07) is 0. The fourth-order valence-corrected chi connectivity index (χ4v) is 3.62. The predicted molar refractivity (Wildman–Crippen MR) is 52.0 cm³/mol. The molecule has 0 spiro atoms. The molecule has 0 nitrogen and oxygen atoms in total. The zero-order chi connectivity index (χ0) is 7.73. The van der Waals surface area contributed by atoms with Gasteiger partial charge in [-0.3, -0.25) is 0 Å². The van der Waals surface area contributed by atoms with Gasteiger partial charge in [-0.05, 0) is 37.0 Å². The molecule has 0 atom stereocenters. The second-order valence-electron chi connectivity index (χ2n) is 4.33. The van der Waals surface area contributed by atoms with Crippen LogP contribution in [-0.2, 0) is 0 Å². The van der Waals surface area contributed by atoms with Crippen molar-refractivity contribution in [3.05, 3.63) is 0 Å². The summed E-state index contributed by atoms with van der Waals surface area (Å²) >= 11 is 3.71. The Morgan fingerprint density at radius 3 is 2.18 bits per heavy atom. The maximum atomic E-state index is 3.71. The van der Waals surface area contributed by atoms with Crippen LogP contribution in [0.1, 0.15) is 44.9 Å². The fourth-order valence-electron chi connectivity index (χ4n) is 2.60. The van der Waals surface area contributed by atoms with Crippen LogP contribution in [0.4, 0.5) is 0 Å². The second-order valence-corrected chi connectivity index (χ2v) is 4.89. The molecule has 0 aromatic carbocycles. The minimum atomic E-state index is 0.748. The Labute approximate surface area is 77.9 Å². The molecule has 0 aliphatic heterocycles. The first-order valence-corrected chi connectivity index (χ1v) is 6.05. The van der Waals surface area contributed by atoms with E-state index >= 15 is 0 Å². The van der Waals surface area contributed by atoms with Crippen molar-refractivity contribution in [1.82, 2.24) is 0 Å². The Hall–Kier alpha value is 0.480. The number of halogens is 1. The molecule has 11 heavy (non-hydrogen) atoms. The lowest BCUT2D eigenvalue weighted by atomic mass is 9.72. The average molecular weight is 217 g/mol. The molecule has 0 radical (unpaired) electrons. The number of hydrogen-bond acceptors (Lipinski definition) is 0. The summed E-state index contributed by atoms with van der Waals surface area (Å²) in [6.45, 7) is 0. The largest absolute Gasteiger partial charge is 0.0922 e. The third kappa shape index (κ3) is 1.49. The summed E-state index contributed by atoms with van der Waals surface area (Å²) in [4.78, 5) is 0. The van der Waals surface area contributed by atoms with E-state index < -0.39 is 0 Å². The van der Waals surface area contributed by atoms with E-state index in [1.54, 1.807) is 0 Å².